The Hall–Kier alpha value is -3.45. The van der Waals surface area contributed by atoms with Gasteiger partial charge in [-0.05, 0) is 49.9 Å². The fourth-order valence-electron chi connectivity index (χ4n) is 5.02. The van der Waals surface area contributed by atoms with Crippen molar-refractivity contribution in [2.45, 2.75) is 38.3 Å². The zero-order chi connectivity index (χ0) is 23.5. The molecule has 1 aromatic heterocycles. The number of morpholine rings is 1. The van der Waals surface area contributed by atoms with Crippen LogP contribution in [-0.2, 0) is 16.1 Å². The second-order valence-electron chi connectivity index (χ2n) is 9.19. The smallest absolute Gasteiger partial charge is 0.254 e. The van der Waals surface area contributed by atoms with Gasteiger partial charge in [-0.25, -0.2) is 4.98 Å². The molecule has 34 heavy (non-hydrogen) atoms. The molecule has 2 aliphatic rings. The molecule has 0 bridgehead atoms. The van der Waals surface area contributed by atoms with Crippen molar-refractivity contribution >= 4 is 17.5 Å². The van der Waals surface area contributed by atoms with E-state index in [1.807, 2.05) is 77.5 Å². The van der Waals surface area contributed by atoms with Crippen molar-refractivity contribution in [3.63, 3.8) is 0 Å². The van der Waals surface area contributed by atoms with Crippen LogP contribution in [0.4, 0.5) is 5.69 Å². The Morgan fingerprint density at radius 2 is 1.85 bits per heavy atom. The maximum absolute atomic E-state index is 13.6. The van der Waals surface area contributed by atoms with E-state index in [-0.39, 0.29) is 18.4 Å². The van der Waals surface area contributed by atoms with Gasteiger partial charge in [0.05, 0.1) is 12.1 Å². The summed E-state index contributed by atoms with van der Waals surface area (Å²) < 4.78 is 8.20. The highest BCUT2D eigenvalue weighted by molar-refractivity contribution is 5.96. The van der Waals surface area contributed by atoms with Crippen LogP contribution in [0.15, 0.2) is 67.0 Å². The average molecular weight is 459 g/mol. The molecule has 1 atom stereocenters. The molecule has 2 amide bonds. The monoisotopic (exact) mass is 458 g/mol. The minimum absolute atomic E-state index is 0.0160. The van der Waals surface area contributed by atoms with Gasteiger partial charge in [-0.3, -0.25) is 9.59 Å². The normalized spacial score (nSPS) is 21.0. The van der Waals surface area contributed by atoms with Crippen molar-refractivity contribution in [3.8, 4) is 0 Å². The van der Waals surface area contributed by atoms with Crippen LogP contribution in [0.5, 0.6) is 0 Å². The summed E-state index contributed by atoms with van der Waals surface area (Å²) in [4.78, 5) is 34.3. The fraction of sp³-hybridized carbons (Fsp3) is 0.370. The van der Waals surface area contributed by atoms with Crippen molar-refractivity contribution in [1.29, 1.82) is 0 Å². The molecular formula is C27H30N4O3. The largest absolute Gasteiger partial charge is 0.363 e. The zero-order valence-electron chi connectivity index (χ0n) is 19.5. The fourth-order valence-corrected chi connectivity index (χ4v) is 5.02. The van der Waals surface area contributed by atoms with E-state index in [9.17, 15) is 9.59 Å². The second-order valence-corrected chi connectivity index (χ2v) is 9.19. The summed E-state index contributed by atoms with van der Waals surface area (Å²) in [6.07, 6.45) is 6.08. The molecule has 2 aromatic carbocycles. The first-order valence-corrected chi connectivity index (χ1v) is 11.9. The van der Waals surface area contributed by atoms with Crippen LogP contribution in [0.1, 0.15) is 41.0 Å². The van der Waals surface area contributed by atoms with Crippen molar-refractivity contribution in [1.82, 2.24) is 14.5 Å². The molecule has 7 nitrogen and oxygen atoms in total. The van der Waals surface area contributed by atoms with E-state index in [1.165, 1.54) is 0 Å². The lowest BCUT2D eigenvalue weighted by Crippen LogP contribution is -2.55. The lowest BCUT2D eigenvalue weighted by molar-refractivity contribution is -0.140. The molecule has 0 saturated carbocycles. The predicted octanol–water partition coefficient (Wildman–Crippen LogP) is 3.67. The van der Waals surface area contributed by atoms with E-state index in [1.54, 1.807) is 6.20 Å². The van der Waals surface area contributed by atoms with Crippen LogP contribution < -0.4 is 4.90 Å². The summed E-state index contributed by atoms with van der Waals surface area (Å²) in [6.45, 7) is 4.47. The van der Waals surface area contributed by atoms with Crippen LogP contribution >= 0.6 is 0 Å². The number of carbonyl (C=O) groups excluding carboxylic acids is 2. The molecule has 2 aliphatic heterocycles. The van der Waals surface area contributed by atoms with Crippen LogP contribution in [-0.4, -0.2) is 58.1 Å². The second kappa shape index (κ2) is 9.43. The maximum atomic E-state index is 13.6. The molecule has 3 aromatic rings. The quantitative estimate of drug-likeness (QED) is 0.598. The van der Waals surface area contributed by atoms with Crippen LogP contribution in [0, 0.1) is 6.92 Å². The Morgan fingerprint density at radius 1 is 1.06 bits per heavy atom. The molecule has 1 spiro atoms. The predicted molar refractivity (Wildman–Crippen MR) is 130 cm³/mol. The molecule has 0 aliphatic carbocycles. The summed E-state index contributed by atoms with van der Waals surface area (Å²) in [5.74, 6) is 0.959. The van der Waals surface area contributed by atoms with Gasteiger partial charge < -0.3 is 19.1 Å². The zero-order valence-corrected chi connectivity index (χ0v) is 19.5. The molecule has 5 rings (SSSR count). The molecule has 7 heteroatoms. The number of carbonyl (C=O) groups is 2. The highest BCUT2D eigenvalue weighted by Gasteiger charge is 2.42. The lowest BCUT2D eigenvalue weighted by atomic mass is 9.92. The number of hydrogen-bond acceptors (Lipinski definition) is 4. The van der Waals surface area contributed by atoms with E-state index in [4.69, 9.17) is 4.74 Å². The number of amides is 2. The van der Waals surface area contributed by atoms with Gasteiger partial charge in [-0.2, -0.15) is 0 Å². The highest BCUT2D eigenvalue weighted by Crippen LogP contribution is 2.33. The number of hydrogen-bond donors (Lipinski definition) is 0. The minimum atomic E-state index is -0.424. The van der Waals surface area contributed by atoms with E-state index >= 15 is 0 Å². The van der Waals surface area contributed by atoms with Gasteiger partial charge in [0.2, 0.25) is 0 Å². The standard InChI is InChI=1S/C27H30N4O3/c1-21-28-14-17-30(21)18-22-8-5-6-11-24(22)26(33)29-15-7-12-27(13-16-29)20-31(25(32)19-34-27)23-9-3-2-4-10-23/h2-6,8-11,14,17H,7,12-13,15-16,18-20H2,1H3. The third kappa shape index (κ3) is 4.48. The van der Waals surface area contributed by atoms with Gasteiger partial charge in [0, 0.05) is 43.3 Å². The van der Waals surface area contributed by atoms with Gasteiger partial charge in [0.15, 0.2) is 0 Å². The number of ether oxygens (including phenoxy) is 1. The van der Waals surface area contributed by atoms with Crippen molar-refractivity contribution in [2.24, 2.45) is 0 Å². The number of likely N-dealkylation sites (tertiary alicyclic amines) is 1. The Kier molecular flexibility index (Phi) is 6.20. The summed E-state index contributed by atoms with van der Waals surface area (Å²) in [5, 5.41) is 0. The van der Waals surface area contributed by atoms with Gasteiger partial charge in [0.1, 0.15) is 12.4 Å². The lowest BCUT2D eigenvalue weighted by Gasteiger charge is -2.42. The molecule has 2 fully saturated rings. The number of para-hydroxylation sites is 1. The van der Waals surface area contributed by atoms with E-state index in [0.717, 1.165) is 35.5 Å². The molecule has 3 heterocycles. The Bertz CT molecular complexity index is 1180. The number of aryl methyl sites for hydroxylation is 1. The minimum Gasteiger partial charge on any atom is -0.363 e. The van der Waals surface area contributed by atoms with Gasteiger partial charge in [-0.15, -0.1) is 0 Å². The molecule has 176 valence electrons. The maximum Gasteiger partial charge on any atom is 0.254 e. The number of anilines is 1. The molecule has 1 unspecified atom stereocenters. The number of benzene rings is 2. The topological polar surface area (TPSA) is 67.7 Å². The Balaban J connectivity index is 1.31. The molecule has 0 radical (unpaired) electrons. The summed E-state index contributed by atoms with van der Waals surface area (Å²) >= 11 is 0. The summed E-state index contributed by atoms with van der Waals surface area (Å²) in [5.41, 5.74) is 2.20. The first-order chi connectivity index (χ1) is 16.5. The highest BCUT2D eigenvalue weighted by atomic mass is 16.5. The summed E-state index contributed by atoms with van der Waals surface area (Å²) in [6, 6.07) is 17.6. The molecular weight excluding hydrogens is 428 g/mol. The molecule has 0 N–H and O–H groups in total. The first kappa shape index (κ1) is 22.3. The Morgan fingerprint density at radius 3 is 2.65 bits per heavy atom. The average Bonchev–Trinajstić information content (AvgIpc) is 3.15. The van der Waals surface area contributed by atoms with E-state index < -0.39 is 5.60 Å². The van der Waals surface area contributed by atoms with Gasteiger partial charge in [0.25, 0.3) is 11.8 Å². The van der Waals surface area contributed by atoms with Crippen molar-refractivity contribution in [3.05, 3.63) is 83.9 Å². The molecule has 2 saturated heterocycles. The SMILES string of the molecule is Cc1nccn1Cc1ccccc1C(=O)N1CCCC2(CC1)CN(c1ccccc1)C(=O)CO2. The van der Waals surface area contributed by atoms with Crippen molar-refractivity contribution < 1.29 is 14.3 Å². The van der Waals surface area contributed by atoms with Gasteiger partial charge >= 0.3 is 0 Å². The van der Waals surface area contributed by atoms with E-state index in [2.05, 4.69) is 9.55 Å². The van der Waals surface area contributed by atoms with Gasteiger partial charge in [-0.1, -0.05) is 36.4 Å². The van der Waals surface area contributed by atoms with Crippen molar-refractivity contribution in [2.75, 3.05) is 31.1 Å². The number of aromatic nitrogens is 2. The first-order valence-electron chi connectivity index (χ1n) is 11.9. The van der Waals surface area contributed by atoms with Crippen LogP contribution in [0.25, 0.3) is 0 Å². The third-order valence-corrected chi connectivity index (χ3v) is 7.01. The third-order valence-electron chi connectivity index (χ3n) is 7.01. The number of imidazole rings is 1. The summed E-state index contributed by atoms with van der Waals surface area (Å²) in [7, 11) is 0. The number of rotatable bonds is 4. The van der Waals surface area contributed by atoms with Crippen LogP contribution in [0.3, 0.4) is 0 Å². The van der Waals surface area contributed by atoms with Crippen LogP contribution in [0.2, 0.25) is 0 Å². The van der Waals surface area contributed by atoms with E-state index in [0.29, 0.717) is 32.6 Å². The Labute approximate surface area is 200 Å². The number of nitrogens with zero attached hydrogens (tertiary/aromatic N) is 4.